The summed E-state index contributed by atoms with van der Waals surface area (Å²) in [7, 11) is 0. The van der Waals surface area contributed by atoms with Crippen LogP contribution in [0.3, 0.4) is 0 Å². The highest BCUT2D eigenvalue weighted by molar-refractivity contribution is 5.72. The predicted molar refractivity (Wildman–Crippen MR) is 84.1 cm³/mol. The van der Waals surface area contributed by atoms with Gasteiger partial charge in [0.05, 0.1) is 0 Å². The standard InChI is InChI=1S/C18H28O2/c1-3-5-6-7-8-9-10-13-16-14-11-12-15-17(16)20-18(19)4-2/h11-12,14-15H,3-10,13H2,1-2H3. The number of ether oxygens (including phenoxy) is 1. The summed E-state index contributed by atoms with van der Waals surface area (Å²) in [6, 6.07) is 7.89. The zero-order valence-corrected chi connectivity index (χ0v) is 13.0. The van der Waals surface area contributed by atoms with Crippen LogP contribution in [0.2, 0.25) is 0 Å². The van der Waals surface area contributed by atoms with Crippen molar-refractivity contribution in [2.75, 3.05) is 0 Å². The molecule has 1 aromatic carbocycles. The van der Waals surface area contributed by atoms with Crippen molar-refractivity contribution in [3.8, 4) is 5.75 Å². The molecule has 0 radical (unpaired) electrons. The van der Waals surface area contributed by atoms with Crippen LogP contribution in [0.25, 0.3) is 0 Å². The van der Waals surface area contributed by atoms with Crippen LogP contribution in [0.1, 0.15) is 70.8 Å². The van der Waals surface area contributed by atoms with Crippen molar-refractivity contribution >= 4 is 5.97 Å². The number of esters is 1. The molecule has 0 aliphatic heterocycles. The van der Waals surface area contributed by atoms with E-state index in [1.54, 1.807) is 0 Å². The van der Waals surface area contributed by atoms with Crippen molar-refractivity contribution < 1.29 is 9.53 Å². The largest absolute Gasteiger partial charge is 0.426 e. The minimum atomic E-state index is -0.156. The van der Waals surface area contributed by atoms with Crippen LogP contribution in [-0.2, 0) is 11.2 Å². The smallest absolute Gasteiger partial charge is 0.310 e. The number of carbonyl (C=O) groups is 1. The summed E-state index contributed by atoms with van der Waals surface area (Å²) >= 11 is 0. The molecule has 0 saturated carbocycles. The summed E-state index contributed by atoms with van der Waals surface area (Å²) in [4.78, 5) is 11.4. The fourth-order valence-corrected chi connectivity index (χ4v) is 2.28. The lowest BCUT2D eigenvalue weighted by atomic mass is 10.0. The van der Waals surface area contributed by atoms with E-state index < -0.39 is 0 Å². The molecule has 1 aromatic rings. The number of rotatable bonds is 10. The second kappa shape index (κ2) is 10.5. The molecule has 0 aliphatic rings. The summed E-state index contributed by atoms with van der Waals surface area (Å²) in [6.45, 7) is 4.07. The zero-order valence-electron chi connectivity index (χ0n) is 13.0. The fraction of sp³-hybridized carbons (Fsp3) is 0.611. The van der Waals surface area contributed by atoms with Crippen molar-refractivity contribution in [3.05, 3.63) is 29.8 Å². The maximum atomic E-state index is 11.4. The second-order valence-corrected chi connectivity index (χ2v) is 5.31. The molecular weight excluding hydrogens is 248 g/mol. The maximum absolute atomic E-state index is 11.4. The number of hydrogen-bond acceptors (Lipinski definition) is 2. The Labute approximate surface area is 123 Å². The maximum Gasteiger partial charge on any atom is 0.310 e. The van der Waals surface area contributed by atoms with Gasteiger partial charge in [-0.15, -0.1) is 0 Å². The highest BCUT2D eigenvalue weighted by atomic mass is 16.5. The summed E-state index contributed by atoms with van der Waals surface area (Å²) in [5.41, 5.74) is 1.16. The van der Waals surface area contributed by atoms with E-state index in [1.165, 1.54) is 44.9 Å². The van der Waals surface area contributed by atoms with Gasteiger partial charge in [-0.2, -0.15) is 0 Å². The predicted octanol–water partition coefficient (Wildman–Crippen LogP) is 5.30. The molecule has 0 aliphatic carbocycles. The first kappa shape index (κ1) is 16.7. The van der Waals surface area contributed by atoms with E-state index in [4.69, 9.17) is 4.74 Å². The second-order valence-electron chi connectivity index (χ2n) is 5.31. The summed E-state index contributed by atoms with van der Waals surface area (Å²) in [5.74, 6) is 0.586. The first-order valence-electron chi connectivity index (χ1n) is 8.06. The summed E-state index contributed by atoms with van der Waals surface area (Å²) < 4.78 is 5.37. The third kappa shape index (κ3) is 6.74. The molecule has 0 fully saturated rings. The Morgan fingerprint density at radius 3 is 2.30 bits per heavy atom. The molecule has 112 valence electrons. The number of unbranched alkanes of at least 4 members (excludes halogenated alkanes) is 6. The van der Waals surface area contributed by atoms with Gasteiger partial charge in [-0.25, -0.2) is 0 Å². The van der Waals surface area contributed by atoms with Gasteiger partial charge in [-0.3, -0.25) is 4.79 Å². The molecule has 0 saturated heterocycles. The molecule has 1 rings (SSSR count). The van der Waals surface area contributed by atoms with Gasteiger partial charge >= 0.3 is 5.97 Å². The highest BCUT2D eigenvalue weighted by Crippen LogP contribution is 2.21. The molecule has 0 bridgehead atoms. The summed E-state index contributed by atoms with van der Waals surface area (Å²) in [5, 5.41) is 0. The van der Waals surface area contributed by atoms with Crippen LogP contribution < -0.4 is 4.74 Å². The van der Waals surface area contributed by atoms with Crippen LogP contribution in [0.15, 0.2) is 24.3 Å². The lowest BCUT2D eigenvalue weighted by molar-refractivity contribution is -0.134. The molecule has 20 heavy (non-hydrogen) atoms. The van der Waals surface area contributed by atoms with Crippen LogP contribution in [0.4, 0.5) is 0 Å². The van der Waals surface area contributed by atoms with Crippen molar-refractivity contribution in [3.63, 3.8) is 0 Å². The molecule has 0 atom stereocenters. The number of aryl methyl sites for hydroxylation is 1. The molecule has 2 heteroatoms. The molecule has 0 unspecified atom stereocenters. The highest BCUT2D eigenvalue weighted by Gasteiger charge is 2.06. The number of benzene rings is 1. The van der Waals surface area contributed by atoms with Gasteiger partial charge in [-0.05, 0) is 24.5 Å². The van der Waals surface area contributed by atoms with Crippen LogP contribution >= 0.6 is 0 Å². The SMILES string of the molecule is CCCCCCCCCc1ccccc1OC(=O)CC. The Kier molecular flexibility index (Phi) is 8.77. The lowest BCUT2D eigenvalue weighted by Gasteiger charge is -2.09. The fourth-order valence-electron chi connectivity index (χ4n) is 2.28. The van der Waals surface area contributed by atoms with Gasteiger partial charge in [0.25, 0.3) is 0 Å². The van der Waals surface area contributed by atoms with E-state index in [1.807, 2.05) is 25.1 Å². The van der Waals surface area contributed by atoms with Crippen LogP contribution in [0.5, 0.6) is 5.75 Å². The minimum absolute atomic E-state index is 0.156. The monoisotopic (exact) mass is 276 g/mol. The van der Waals surface area contributed by atoms with Gasteiger partial charge in [0.15, 0.2) is 0 Å². The molecule has 2 nitrogen and oxygen atoms in total. The Bertz CT molecular complexity index is 385. The zero-order chi connectivity index (χ0) is 14.6. The molecule has 0 heterocycles. The molecule has 0 N–H and O–H groups in total. The quantitative estimate of drug-likeness (QED) is 0.329. The average Bonchev–Trinajstić information content (AvgIpc) is 2.47. The van der Waals surface area contributed by atoms with Crippen LogP contribution in [-0.4, -0.2) is 5.97 Å². The minimum Gasteiger partial charge on any atom is -0.426 e. The van der Waals surface area contributed by atoms with E-state index in [0.717, 1.165) is 17.7 Å². The first-order valence-corrected chi connectivity index (χ1v) is 8.06. The molecule has 0 spiro atoms. The Morgan fingerprint density at radius 1 is 0.950 bits per heavy atom. The van der Waals surface area contributed by atoms with Gasteiger partial charge < -0.3 is 4.74 Å². The third-order valence-electron chi connectivity index (χ3n) is 3.53. The lowest BCUT2D eigenvalue weighted by Crippen LogP contribution is -2.07. The molecule has 0 amide bonds. The van der Waals surface area contributed by atoms with Crippen molar-refractivity contribution in [2.24, 2.45) is 0 Å². The number of carbonyl (C=O) groups excluding carboxylic acids is 1. The van der Waals surface area contributed by atoms with E-state index in [0.29, 0.717) is 6.42 Å². The van der Waals surface area contributed by atoms with Gasteiger partial charge in [0.1, 0.15) is 5.75 Å². The number of para-hydroxylation sites is 1. The third-order valence-corrected chi connectivity index (χ3v) is 3.53. The number of hydrogen-bond donors (Lipinski definition) is 0. The molecular formula is C18H28O2. The van der Waals surface area contributed by atoms with E-state index in [-0.39, 0.29) is 5.97 Å². The van der Waals surface area contributed by atoms with E-state index in [9.17, 15) is 4.79 Å². The van der Waals surface area contributed by atoms with Crippen molar-refractivity contribution in [2.45, 2.75) is 71.6 Å². The topological polar surface area (TPSA) is 26.3 Å². The van der Waals surface area contributed by atoms with Gasteiger partial charge in [-0.1, -0.05) is 70.6 Å². The van der Waals surface area contributed by atoms with E-state index >= 15 is 0 Å². The first-order chi connectivity index (χ1) is 9.77. The Hall–Kier alpha value is -1.31. The Morgan fingerprint density at radius 2 is 1.60 bits per heavy atom. The summed E-state index contributed by atoms with van der Waals surface area (Å²) in [6.07, 6.45) is 10.5. The van der Waals surface area contributed by atoms with Crippen LogP contribution in [0, 0.1) is 0 Å². The van der Waals surface area contributed by atoms with E-state index in [2.05, 4.69) is 13.0 Å². The van der Waals surface area contributed by atoms with Crippen molar-refractivity contribution in [1.82, 2.24) is 0 Å². The average molecular weight is 276 g/mol. The van der Waals surface area contributed by atoms with Crippen molar-refractivity contribution in [1.29, 1.82) is 0 Å². The van der Waals surface area contributed by atoms with Gasteiger partial charge in [0.2, 0.25) is 0 Å². The molecule has 0 aromatic heterocycles. The van der Waals surface area contributed by atoms with Gasteiger partial charge in [0, 0.05) is 6.42 Å². The normalized spacial score (nSPS) is 10.5. The Balaban J connectivity index is 2.30.